The molecule has 5 rings (SSSR count). The van der Waals surface area contributed by atoms with E-state index in [4.69, 9.17) is 4.52 Å². The highest BCUT2D eigenvalue weighted by Crippen LogP contribution is 2.27. The molecule has 0 bridgehead atoms. The first-order valence-corrected chi connectivity index (χ1v) is 12.1. The van der Waals surface area contributed by atoms with E-state index in [0.717, 1.165) is 30.0 Å². The minimum absolute atomic E-state index is 0.227. The SMILES string of the molecule is Cc1cc(-c2nc(-c3ccc(OC(F)(F)F)cc3)no2)nn1Cc1cccc(NCCN2CCCC2)c1. The summed E-state index contributed by atoms with van der Waals surface area (Å²) in [6.07, 6.45) is -2.17. The number of likely N-dealkylation sites (tertiary alicyclic amines) is 1. The van der Waals surface area contributed by atoms with E-state index in [0.29, 0.717) is 17.8 Å². The highest BCUT2D eigenvalue weighted by Gasteiger charge is 2.31. The molecule has 2 aromatic heterocycles. The van der Waals surface area contributed by atoms with Gasteiger partial charge in [0, 0.05) is 30.0 Å². The van der Waals surface area contributed by atoms with Gasteiger partial charge in [-0.1, -0.05) is 17.3 Å². The topological polar surface area (TPSA) is 81.2 Å². The van der Waals surface area contributed by atoms with Crippen molar-refractivity contribution in [2.45, 2.75) is 32.7 Å². The van der Waals surface area contributed by atoms with Crippen LogP contribution in [-0.2, 0) is 6.54 Å². The maximum Gasteiger partial charge on any atom is 0.573 e. The van der Waals surface area contributed by atoms with Gasteiger partial charge >= 0.3 is 6.36 Å². The quantitative estimate of drug-likeness (QED) is 0.323. The summed E-state index contributed by atoms with van der Waals surface area (Å²) in [5.74, 6) is 0.151. The second-order valence-electron chi connectivity index (χ2n) is 9.00. The van der Waals surface area contributed by atoms with Crippen molar-refractivity contribution >= 4 is 5.69 Å². The minimum atomic E-state index is -4.75. The number of nitrogens with one attached hydrogen (secondary N) is 1. The van der Waals surface area contributed by atoms with Gasteiger partial charge in [-0.05, 0) is 80.9 Å². The van der Waals surface area contributed by atoms with Crippen LogP contribution < -0.4 is 10.1 Å². The number of hydrogen-bond acceptors (Lipinski definition) is 7. The second-order valence-corrected chi connectivity index (χ2v) is 9.00. The van der Waals surface area contributed by atoms with Gasteiger partial charge < -0.3 is 19.5 Å². The number of hydrogen-bond donors (Lipinski definition) is 1. The number of aromatic nitrogens is 4. The lowest BCUT2D eigenvalue weighted by molar-refractivity contribution is -0.274. The second kappa shape index (κ2) is 10.6. The molecule has 1 fully saturated rings. The molecule has 11 heteroatoms. The zero-order valence-electron chi connectivity index (χ0n) is 20.3. The van der Waals surface area contributed by atoms with Crippen molar-refractivity contribution in [3.8, 4) is 28.7 Å². The number of halogens is 3. The fourth-order valence-electron chi connectivity index (χ4n) is 4.34. The molecule has 1 aliphatic heterocycles. The molecule has 0 amide bonds. The van der Waals surface area contributed by atoms with E-state index in [1.54, 1.807) is 0 Å². The monoisotopic (exact) mass is 512 g/mol. The molecule has 3 heterocycles. The molecule has 194 valence electrons. The van der Waals surface area contributed by atoms with Crippen LogP contribution in [0.15, 0.2) is 59.1 Å². The van der Waals surface area contributed by atoms with Crippen molar-refractivity contribution < 1.29 is 22.4 Å². The molecule has 1 saturated heterocycles. The Morgan fingerprint density at radius 2 is 1.84 bits per heavy atom. The third-order valence-corrected chi connectivity index (χ3v) is 6.19. The van der Waals surface area contributed by atoms with Crippen LogP contribution in [0, 0.1) is 6.92 Å². The van der Waals surface area contributed by atoms with Gasteiger partial charge in [0.25, 0.3) is 5.89 Å². The van der Waals surface area contributed by atoms with Crippen LogP contribution >= 0.6 is 0 Å². The zero-order chi connectivity index (χ0) is 25.8. The molecule has 0 aliphatic carbocycles. The van der Waals surface area contributed by atoms with Crippen LogP contribution in [0.1, 0.15) is 24.1 Å². The first-order valence-electron chi connectivity index (χ1n) is 12.1. The fourth-order valence-corrected chi connectivity index (χ4v) is 4.34. The molecular formula is C26H27F3N6O2. The normalized spacial score (nSPS) is 14.3. The Morgan fingerprint density at radius 3 is 2.59 bits per heavy atom. The Morgan fingerprint density at radius 1 is 1.05 bits per heavy atom. The summed E-state index contributed by atoms with van der Waals surface area (Å²) in [6.45, 7) is 6.86. The number of benzene rings is 2. The van der Waals surface area contributed by atoms with Gasteiger partial charge in [-0.3, -0.25) is 4.68 Å². The lowest BCUT2D eigenvalue weighted by Crippen LogP contribution is -2.25. The van der Waals surface area contributed by atoms with Crippen LogP contribution in [-0.4, -0.2) is 57.4 Å². The maximum absolute atomic E-state index is 12.4. The number of rotatable bonds is 9. The van der Waals surface area contributed by atoms with Crippen LogP contribution in [0.4, 0.5) is 18.9 Å². The number of nitrogens with zero attached hydrogens (tertiary/aromatic N) is 5. The van der Waals surface area contributed by atoms with E-state index in [1.807, 2.05) is 23.7 Å². The molecule has 8 nitrogen and oxygen atoms in total. The van der Waals surface area contributed by atoms with Crippen molar-refractivity contribution in [1.29, 1.82) is 0 Å². The molecule has 0 spiro atoms. The Labute approximate surface area is 212 Å². The molecule has 1 N–H and O–H groups in total. The van der Waals surface area contributed by atoms with Gasteiger partial charge in [0.05, 0.1) is 6.54 Å². The van der Waals surface area contributed by atoms with Gasteiger partial charge in [-0.15, -0.1) is 13.2 Å². The van der Waals surface area contributed by atoms with Crippen LogP contribution in [0.2, 0.25) is 0 Å². The van der Waals surface area contributed by atoms with E-state index in [9.17, 15) is 13.2 Å². The van der Waals surface area contributed by atoms with E-state index in [-0.39, 0.29) is 17.5 Å². The number of anilines is 1. The molecule has 0 unspecified atom stereocenters. The Balaban J connectivity index is 1.23. The Hall–Kier alpha value is -3.86. The van der Waals surface area contributed by atoms with Crippen molar-refractivity contribution in [1.82, 2.24) is 24.8 Å². The van der Waals surface area contributed by atoms with Gasteiger partial charge in [-0.25, -0.2) is 0 Å². The molecular weight excluding hydrogens is 485 g/mol. The molecule has 37 heavy (non-hydrogen) atoms. The largest absolute Gasteiger partial charge is 0.573 e. The lowest BCUT2D eigenvalue weighted by Gasteiger charge is -2.15. The van der Waals surface area contributed by atoms with Crippen molar-refractivity contribution in [3.05, 3.63) is 65.9 Å². The number of aryl methyl sites for hydroxylation is 1. The summed E-state index contributed by atoms with van der Waals surface area (Å²) in [6, 6.07) is 15.4. The van der Waals surface area contributed by atoms with Crippen LogP contribution in [0.5, 0.6) is 5.75 Å². The predicted octanol–water partition coefficient (Wildman–Crippen LogP) is 5.36. The highest BCUT2D eigenvalue weighted by atomic mass is 19.4. The third kappa shape index (κ3) is 6.48. The summed E-state index contributed by atoms with van der Waals surface area (Å²) in [4.78, 5) is 6.84. The zero-order valence-corrected chi connectivity index (χ0v) is 20.3. The van der Waals surface area contributed by atoms with E-state index in [2.05, 4.69) is 48.4 Å². The van der Waals surface area contributed by atoms with Gasteiger partial charge in [0.2, 0.25) is 5.82 Å². The fraction of sp³-hybridized carbons (Fsp3) is 0.346. The minimum Gasteiger partial charge on any atom is -0.406 e. The summed E-state index contributed by atoms with van der Waals surface area (Å²) in [5, 5.41) is 12.1. The number of alkyl halides is 3. The third-order valence-electron chi connectivity index (χ3n) is 6.19. The highest BCUT2D eigenvalue weighted by molar-refractivity contribution is 5.59. The van der Waals surface area contributed by atoms with Gasteiger partial charge in [0.15, 0.2) is 5.69 Å². The summed E-state index contributed by atoms with van der Waals surface area (Å²) < 4.78 is 48.3. The van der Waals surface area contributed by atoms with Gasteiger partial charge in [0.1, 0.15) is 5.75 Å². The lowest BCUT2D eigenvalue weighted by atomic mass is 10.2. The van der Waals surface area contributed by atoms with E-state index in [1.165, 1.54) is 50.2 Å². The number of ether oxygens (including phenoxy) is 1. The van der Waals surface area contributed by atoms with Crippen LogP contribution in [0.25, 0.3) is 23.0 Å². The average Bonchev–Trinajstić information content (AvgIpc) is 3.61. The maximum atomic E-state index is 12.4. The molecule has 0 atom stereocenters. The molecule has 0 radical (unpaired) electrons. The summed E-state index contributed by atoms with van der Waals surface area (Å²) in [5.41, 5.74) is 4.13. The van der Waals surface area contributed by atoms with Crippen LogP contribution in [0.3, 0.4) is 0 Å². The first kappa shape index (κ1) is 24.8. The van der Waals surface area contributed by atoms with Crippen molar-refractivity contribution in [2.24, 2.45) is 0 Å². The smallest absolute Gasteiger partial charge is 0.406 e. The Kier molecular flexibility index (Phi) is 7.13. The first-order chi connectivity index (χ1) is 17.8. The van der Waals surface area contributed by atoms with Crippen molar-refractivity contribution in [2.75, 3.05) is 31.5 Å². The summed E-state index contributed by atoms with van der Waals surface area (Å²) >= 11 is 0. The van der Waals surface area contributed by atoms with E-state index >= 15 is 0 Å². The van der Waals surface area contributed by atoms with Crippen molar-refractivity contribution in [3.63, 3.8) is 0 Å². The molecule has 4 aromatic rings. The van der Waals surface area contributed by atoms with Gasteiger partial charge in [-0.2, -0.15) is 10.1 Å². The summed E-state index contributed by atoms with van der Waals surface area (Å²) in [7, 11) is 0. The molecule has 2 aromatic carbocycles. The molecule has 0 saturated carbocycles. The average molecular weight is 513 g/mol. The standard InChI is InChI=1S/C26H27F3N6O2/c1-18-15-23(25-31-24(33-37-25)20-7-9-22(10-8-20)36-26(27,28)29)32-35(18)17-19-5-4-6-21(16-19)30-11-14-34-12-2-3-13-34/h4-10,15-16,30H,2-3,11-14,17H2,1H3. The van der Waals surface area contributed by atoms with E-state index < -0.39 is 6.36 Å². The predicted molar refractivity (Wildman–Crippen MR) is 132 cm³/mol. The Bertz CT molecular complexity index is 1330. The molecule has 1 aliphatic rings.